The molecule has 1 aromatic heterocycles. The van der Waals surface area contributed by atoms with E-state index in [4.69, 9.17) is 10.5 Å². The molecule has 7 heteroatoms. The summed E-state index contributed by atoms with van der Waals surface area (Å²) in [5.74, 6) is 0.416. The number of pyridine rings is 1. The molecular formula is C14H17F3N2O2. The van der Waals surface area contributed by atoms with Gasteiger partial charge in [-0.1, -0.05) is 6.07 Å². The van der Waals surface area contributed by atoms with Crippen molar-refractivity contribution < 1.29 is 22.6 Å². The van der Waals surface area contributed by atoms with Crippen molar-refractivity contribution in [2.45, 2.75) is 43.0 Å². The van der Waals surface area contributed by atoms with E-state index >= 15 is 0 Å². The molecule has 0 atom stereocenters. The zero-order valence-electron chi connectivity index (χ0n) is 11.4. The average molecular weight is 302 g/mol. The summed E-state index contributed by atoms with van der Waals surface area (Å²) in [6.45, 7) is -0.275. The van der Waals surface area contributed by atoms with Crippen LogP contribution >= 0.6 is 0 Å². The minimum atomic E-state index is -4.58. The molecule has 21 heavy (non-hydrogen) atoms. The fourth-order valence-corrected chi connectivity index (χ4v) is 3.38. The van der Waals surface area contributed by atoms with E-state index in [2.05, 4.69) is 9.72 Å². The van der Waals surface area contributed by atoms with Gasteiger partial charge >= 0.3 is 6.36 Å². The number of rotatable bonds is 6. The van der Waals surface area contributed by atoms with Gasteiger partial charge in [-0.15, -0.1) is 13.2 Å². The van der Waals surface area contributed by atoms with E-state index in [0.717, 1.165) is 19.3 Å². The van der Waals surface area contributed by atoms with Crippen molar-refractivity contribution in [2.24, 2.45) is 5.73 Å². The first-order valence-corrected chi connectivity index (χ1v) is 6.89. The van der Waals surface area contributed by atoms with Crippen LogP contribution in [0.1, 0.15) is 31.2 Å². The van der Waals surface area contributed by atoms with Crippen molar-refractivity contribution in [3.05, 3.63) is 23.9 Å². The molecule has 0 unspecified atom stereocenters. The maximum atomic E-state index is 11.7. The van der Waals surface area contributed by atoms with E-state index in [0.29, 0.717) is 5.88 Å². The largest absolute Gasteiger partial charge is 0.522 e. The Kier molecular flexibility index (Phi) is 3.37. The Hall–Kier alpha value is -1.34. The van der Waals surface area contributed by atoms with Gasteiger partial charge in [-0.05, 0) is 24.8 Å². The highest BCUT2D eigenvalue weighted by atomic mass is 19.4. The van der Waals surface area contributed by atoms with Crippen LogP contribution in [0.5, 0.6) is 5.88 Å². The van der Waals surface area contributed by atoms with E-state index < -0.39 is 13.0 Å². The highest BCUT2D eigenvalue weighted by Crippen LogP contribution is 2.66. The molecule has 116 valence electrons. The van der Waals surface area contributed by atoms with Crippen LogP contribution in [-0.2, 0) is 10.2 Å². The van der Waals surface area contributed by atoms with E-state index in [1.54, 1.807) is 12.3 Å². The third kappa shape index (κ3) is 2.98. The highest BCUT2D eigenvalue weighted by Gasteiger charge is 2.66. The molecule has 2 N–H and O–H groups in total. The molecule has 0 aliphatic heterocycles. The number of ether oxygens (including phenoxy) is 2. The van der Waals surface area contributed by atoms with Gasteiger partial charge in [0.1, 0.15) is 0 Å². The quantitative estimate of drug-likeness (QED) is 0.820. The Bertz CT molecular complexity index is 496. The summed E-state index contributed by atoms with van der Waals surface area (Å²) in [6, 6.07) is 3.72. The fraction of sp³-hybridized carbons (Fsp3) is 0.643. The van der Waals surface area contributed by atoms with Gasteiger partial charge < -0.3 is 10.5 Å². The number of hydrogen-bond donors (Lipinski definition) is 1. The molecule has 0 saturated heterocycles. The Balaban J connectivity index is 1.41. The van der Waals surface area contributed by atoms with Crippen LogP contribution in [0.15, 0.2) is 18.3 Å². The van der Waals surface area contributed by atoms with Gasteiger partial charge in [0.25, 0.3) is 0 Å². The van der Waals surface area contributed by atoms with E-state index in [1.165, 1.54) is 5.56 Å². The van der Waals surface area contributed by atoms with Crippen LogP contribution in [0.2, 0.25) is 0 Å². The minimum absolute atomic E-state index is 0.0493. The Labute approximate surface area is 120 Å². The molecule has 0 spiro atoms. The Morgan fingerprint density at radius 1 is 1.19 bits per heavy atom. The Morgan fingerprint density at radius 3 is 2.43 bits per heavy atom. The summed E-state index contributed by atoms with van der Waals surface area (Å²) >= 11 is 0. The molecule has 2 bridgehead atoms. The van der Waals surface area contributed by atoms with Crippen LogP contribution in [0.4, 0.5) is 13.2 Å². The second-order valence-corrected chi connectivity index (χ2v) is 6.05. The fourth-order valence-electron chi connectivity index (χ4n) is 3.38. The second kappa shape index (κ2) is 4.84. The van der Waals surface area contributed by atoms with Crippen molar-refractivity contribution in [3.63, 3.8) is 0 Å². The third-order valence-corrected chi connectivity index (χ3v) is 4.22. The van der Waals surface area contributed by atoms with E-state index in [-0.39, 0.29) is 24.0 Å². The van der Waals surface area contributed by atoms with Crippen molar-refractivity contribution in [1.82, 2.24) is 4.98 Å². The first-order valence-electron chi connectivity index (χ1n) is 6.89. The van der Waals surface area contributed by atoms with Crippen molar-refractivity contribution >= 4 is 0 Å². The van der Waals surface area contributed by atoms with Crippen molar-refractivity contribution in [2.75, 3.05) is 13.2 Å². The lowest BCUT2D eigenvalue weighted by Crippen LogP contribution is -2.74. The molecule has 0 aromatic carbocycles. The van der Waals surface area contributed by atoms with Gasteiger partial charge in [0.15, 0.2) is 0 Å². The number of alkyl halides is 3. The lowest BCUT2D eigenvalue weighted by Gasteiger charge is -2.69. The molecule has 0 amide bonds. The SMILES string of the molecule is NC12CC(c3ccc(OCCCOC(F)(F)F)nc3)(C1)C2. The van der Waals surface area contributed by atoms with Gasteiger partial charge in [0, 0.05) is 29.6 Å². The van der Waals surface area contributed by atoms with Crippen molar-refractivity contribution in [1.29, 1.82) is 0 Å². The highest BCUT2D eigenvalue weighted by molar-refractivity contribution is 5.40. The van der Waals surface area contributed by atoms with Gasteiger partial charge in [-0.3, -0.25) is 4.74 Å². The van der Waals surface area contributed by atoms with E-state index in [9.17, 15) is 13.2 Å². The minimum Gasteiger partial charge on any atom is -0.478 e. The molecule has 3 fully saturated rings. The molecule has 3 saturated carbocycles. The number of nitrogens with two attached hydrogens (primary N) is 1. The summed E-state index contributed by atoms with van der Waals surface area (Å²) in [7, 11) is 0. The molecule has 0 radical (unpaired) electrons. The van der Waals surface area contributed by atoms with Crippen LogP contribution in [-0.4, -0.2) is 30.1 Å². The van der Waals surface area contributed by atoms with Crippen LogP contribution in [0.25, 0.3) is 0 Å². The van der Waals surface area contributed by atoms with Gasteiger partial charge in [0.05, 0.1) is 13.2 Å². The van der Waals surface area contributed by atoms with Crippen LogP contribution in [0, 0.1) is 0 Å². The summed E-state index contributed by atoms with van der Waals surface area (Å²) in [5, 5.41) is 0. The first kappa shape index (κ1) is 14.6. The molecular weight excluding hydrogens is 285 g/mol. The van der Waals surface area contributed by atoms with Crippen molar-refractivity contribution in [3.8, 4) is 5.88 Å². The molecule has 3 aliphatic carbocycles. The van der Waals surface area contributed by atoms with Gasteiger partial charge in [-0.2, -0.15) is 0 Å². The maximum Gasteiger partial charge on any atom is 0.522 e. The van der Waals surface area contributed by atoms with Crippen LogP contribution < -0.4 is 10.5 Å². The summed E-state index contributed by atoms with van der Waals surface area (Å²) < 4.78 is 44.2. The number of aromatic nitrogens is 1. The molecule has 1 heterocycles. The monoisotopic (exact) mass is 302 g/mol. The maximum absolute atomic E-state index is 11.7. The Morgan fingerprint density at radius 2 is 1.90 bits per heavy atom. The van der Waals surface area contributed by atoms with Crippen LogP contribution in [0.3, 0.4) is 0 Å². The van der Waals surface area contributed by atoms with Gasteiger partial charge in [0.2, 0.25) is 5.88 Å². The zero-order chi connectivity index (χ0) is 15.1. The predicted molar refractivity (Wildman–Crippen MR) is 68.8 cm³/mol. The standard InChI is InChI=1S/C14H17F3N2O2/c15-14(16,17)21-5-1-4-20-11-3-2-10(6-19-11)12-7-13(18,8-12)9-12/h2-3,6H,1,4-5,7-9,18H2. The molecule has 4 rings (SSSR count). The predicted octanol–water partition coefficient (Wildman–Crippen LogP) is 2.52. The third-order valence-electron chi connectivity index (χ3n) is 4.22. The lowest BCUT2D eigenvalue weighted by atomic mass is 9.38. The zero-order valence-corrected chi connectivity index (χ0v) is 11.4. The van der Waals surface area contributed by atoms with Gasteiger partial charge in [-0.25, -0.2) is 4.98 Å². The number of hydrogen-bond acceptors (Lipinski definition) is 4. The topological polar surface area (TPSA) is 57.4 Å². The van der Waals surface area contributed by atoms with E-state index in [1.807, 2.05) is 6.07 Å². The molecule has 1 aromatic rings. The normalized spacial score (nSPS) is 30.5. The summed E-state index contributed by atoms with van der Waals surface area (Å²) in [4.78, 5) is 4.19. The summed E-state index contributed by atoms with van der Waals surface area (Å²) in [6.07, 6.45) is 0.385. The second-order valence-electron chi connectivity index (χ2n) is 6.05. The summed E-state index contributed by atoms with van der Waals surface area (Å²) in [5.41, 5.74) is 7.46. The smallest absolute Gasteiger partial charge is 0.478 e. The first-order chi connectivity index (χ1) is 9.80. The lowest BCUT2D eigenvalue weighted by molar-refractivity contribution is -0.324. The molecule has 4 nitrogen and oxygen atoms in total. The number of nitrogens with zero attached hydrogens (tertiary/aromatic N) is 1. The number of halogens is 3. The molecule has 3 aliphatic rings. The average Bonchev–Trinajstić information content (AvgIpc) is 2.33.